The van der Waals surface area contributed by atoms with Crippen LogP contribution in [-0.2, 0) is 42.8 Å². The van der Waals surface area contributed by atoms with E-state index in [-0.39, 0.29) is 18.9 Å². The van der Waals surface area contributed by atoms with Crippen molar-refractivity contribution in [3.8, 4) is 0 Å². The van der Waals surface area contributed by atoms with E-state index in [4.69, 9.17) is 28.4 Å². The zero-order valence-electron chi connectivity index (χ0n) is 60.0. The smallest absolute Gasteiger partial charge is 0.364 e. The van der Waals surface area contributed by atoms with Gasteiger partial charge in [0, 0.05) is 19.8 Å². The van der Waals surface area contributed by atoms with E-state index in [9.17, 15) is 75.7 Å². The van der Waals surface area contributed by atoms with Gasteiger partial charge in [0.2, 0.25) is 11.8 Å². The molecule has 3 rings (SSSR count). The summed E-state index contributed by atoms with van der Waals surface area (Å²) in [4.78, 5) is 38.7. The second-order valence-electron chi connectivity index (χ2n) is 28.2. The van der Waals surface area contributed by atoms with E-state index >= 15 is 0 Å². The number of carboxylic acids is 1. The Balaban J connectivity index is 1.54. The number of allylic oxidation sites excluding steroid dienone is 2. The highest BCUT2D eigenvalue weighted by molar-refractivity contribution is 5.77. The van der Waals surface area contributed by atoms with Crippen LogP contribution in [-0.4, -0.2) is 215 Å². The van der Waals surface area contributed by atoms with E-state index in [1.54, 1.807) is 0 Å². The molecule has 97 heavy (non-hydrogen) atoms. The highest BCUT2D eigenvalue weighted by atomic mass is 16.8. The number of amides is 2. The van der Waals surface area contributed by atoms with E-state index in [2.05, 4.69) is 36.6 Å². The highest BCUT2D eigenvalue weighted by Gasteiger charge is 2.60. The van der Waals surface area contributed by atoms with Crippen LogP contribution in [0.5, 0.6) is 0 Å². The molecular weight excluding hydrogens is 1250 g/mol. The first-order chi connectivity index (χ1) is 46.9. The number of aliphatic hydroxyl groups excluding tert-OH is 11. The highest BCUT2D eigenvalue weighted by Crippen LogP contribution is 2.39. The maximum absolute atomic E-state index is 13.5. The SMILES string of the molecule is CCCCCCCCCCCCCC/C=C\CCCCCCCCCCC(=O)NC(COC1OC(CO)C(OC2OC(CO)C(O)C(OC3(C(=O)O)CC(O)C(NC(C)=O)C(C(O)C(O)CO)O3)C2O)C(O)C1O)C(O)CCCCCCCCCCCCCCCCCCCCC. The summed E-state index contributed by atoms with van der Waals surface area (Å²) in [5.74, 6) is -6.10. The molecular formula is C74H138N2O21. The van der Waals surface area contributed by atoms with Gasteiger partial charge in [-0.15, -0.1) is 0 Å². The largest absolute Gasteiger partial charge is 0.477 e. The van der Waals surface area contributed by atoms with Gasteiger partial charge >= 0.3 is 5.97 Å². The van der Waals surface area contributed by atoms with Gasteiger partial charge in [0.1, 0.15) is 67.1 Å². The van der Waals surface area contributed by atoms with Crippen molar-refractivity contribution in [1.82, 2.24) is 10.6 Å². The minimum absolute atomic E-state index is 0.222. The number of hydrogen-bond donors (Lipinski definition) is 14. The normalized spacial score (nSPS) is 27.4. The minimum atomic E-state index is -3.08. The molecule has 2 amide bonds. The second kappa shape index (κ2) is 54.2. The van der Waals surface area contributed by atoms with Crippen molar-refractivity contribution in [3.05, 3.63) is 12.2 Å². The molecule has 3 heterocycles. The lowest BCUT2D eigenvalue weighted by molar-refractivity contribution is -0.386. The summed E-state index contributed by atoms with van der Waals surface area (Å²) in [7, 11) is 0. The lowest BCUT2D eigenvalue weighted by Crippen LogP contribution is -2.70. The quantitative estimate of drug-likeness (QED) is 0.0199. The zero-order chi connectivity index (χ0) is 71.1. The molecule has 14 N–H and O–H groups in total. The molecule has 3 fully saturated rings. The van der Waals surface area contributed by atoms with Crippen molar-refractivity contribution in [2.24, 2.45) is 0 Å². The predicted octanol–water partition coefficient (Wildman–Crippen LogP) is 9.02. The number of unbranched alkanes of at least 4 members (excludes halogenated alkanes) is 38. The summed E-state index contributed by atoms with van der Waals surface area (Å²) >= 11 is 0. The minimum Gasteiger partial charge on any atom is -0.477 e. The van der Waals surface area contributed by atoms with Gasteiger partial charge in [-0.1, -0.05) is 257 Å². The molecule has 0 spiro atoms. The second-order valence-corrected chi connectivity index (χ2v) is 28.2. The Hall–Kier alpha value is -2.53. The molecule has 0 saturated carbocycles. The molecule has 0 radical (unpaired) electrons. The zero-order valence-corrected chi connectivity index (χ0v) is 60.0. The van der Waals surface area contributed by atoms with E-state index in [1.165, 1.54) is 193 Å². The van der Waals surface area contributed by atoms with Gasteiger partial charge in [0.25, 0.3) is 5.79 Å². The molecule has 570 valence electrons. The van der Waals surface area contributed by atoms with Crippen molar-refractivity contribution < 1.29 is 104 Å². The van der Waals surface area contributed by atoms with Crippen LogP contribution in [0.1, 0.15) is 303 Å². The Morgan fingerprint density at radius 1 is 0.526 bits per heavy atom. The van der Waals surface area contributed by atoms with Crippen molar-refractivity contribution in [2.75, 3.05) is 26.4 Å². The number of aliphatic hydroxyl groups is 11. The summed E-state index contributed by atoms with van der Waals surface area (Å²) < 4.78 is 34.9. The lowest BCUT2D eigenvalue weighted by Gasteiger charge is -2.50. The first kappa shape index (κ1) is 88.7. The molecule has 23 heteroatoms. The van der Waals surface area contributed by atoms with Crippen LogP contribution < -0.4 is 10.6 Å². The molecule has 18 unspecified atom stereocenters. The average Bonchev–Trinajstić information content (AvgIpc) is 0.757. The molecule has 3 saturated heterocycles. The van der Waals surface area contributed by atoms with Gasteiger partial charge in [0.05, 0.1) is 50.7 Å². The standard InChI is InChI=1S/C74H138N2O21/c1-4-6-8-10-12-14-16-18-20-22-24-25-26-27-28-30-32-34-36-38-40-42-44-46-48-61(84)76-55(56(81)47-45-43-41-39-37-35-33-31-29-23-21-19-17-15-13-11-9-7-5-2)53-92-71-66(88)65(87)68(60(52-79)94-71)95-72-67(89)70(64(86)59(51-78)93-72)97-74(73(90)91)49-57(82)62(75-54(3)80)69(96-74)63(85)58(83)50-77/h27-28,55-60,62-72,77-79,81-83,85-89H,4-26,29-53H2,1-3H3,(H,75,80)(H,76,84)(H,90,91)/b28-27-. The van der Waals surface area contributed by atoms with Crippen LogP contribution in [0, 0.1) is 0 Å². The van der Waals surface area contributed by atoms with E-state index in [0.717, 1.165) is 64.7 Å². The van der Waals surface area contributed by atoms with E-state index in [0.29, 0.717) is 19.3 Å². The fourth-order valence-corrected chi connectivity index (χ4v) is 13.6. The Morgan fingerprint density at radius 2 is 0.959 bits per heavy atom. The van der Waals surface area contributed by atoms with E-state index < -0.39 is 148 Å². The molecule has 0 aliphatic carbocycles. The molecule has 23 nitrogen and oxygen atoms in total. The Morgan fingerprint density at radius 3 is 1.39 bits per heavy atom. The van der Waals surface area contributed by atoms with E-state index in [1.807, 2.05) is 0 Å². The summed E-state index contributed by atoms with van der Waals surface area (Å²) in [6.07, 6.45) is 26.3. The van der Waals surface area contributed by atoms with Gasteiger partial charge in [-0.25, -0.2) is 4.79 Å². The van der Waals surface area contributed by atoms with Crippen molar-refractivity contribution >= 4 is 17.8 Å². The molecule has 0 bridgehead atoms. The maximum atomic E-state index is 13.5. The van der Waals surface area contributed by atoms with Crippen LogP contribution in [0.2, 0.25) is 0 Å². The van der Waals surface area contributed by atoms with Crippen LogP contribution in [0.4, 0.5) is 0 Å². The van der Waals surface area contributed by atoms with Gasteiger partial charge in [0.15, 0.2) is 12.6 Å². The molecule has 18 atom stereocenters. The van der Waals surface area contributed by atoms with Gasteiger partial charge in [-0.3, -0.25) is 9.59 Å². The number of carbonyl (C=O) groups excluding carboxylic acids is 2. The Labute approximate surface area is 581 Å². The molecule has 3 aliphatic heterocycles. The van der Waals surface area contributed by atoms with Gasteiger partial charge in [-0.05, 0) is 38.5 Å². The monoisotopic (exact) mass is 1390 g/mol. The fraction of sp³-hybridized carbons (Fsp3) is 0.932. The number of nitrogens with one attached hydrogen (secondary N) is 2. The number of hydrogen-bond acceptors (Lipinski definition) is 20. The number of rotatable bonds is 60. The predicted molar refractivity (Wildman–Crippen MR) is 371 cm³/mol. The van der Waals surface area contributed by atoms with Gasteiger partial charge < -0.3 is 100 Å². The van der Waals surface area contributed by atoms with Crippen LogP contribution >= 0.6 is 0 Å². The number of aliphatic carboxylic acids is 1. The third-order valence-electron chi connectivity index (χ3n) is 19.7. The van der Waals surface area contributed by atoms with Crippen LogP contribution in [0.15, 0.2) is 12.2 Å². The van der Waals surface area contributed by atoms with Crippen LogP contribution in [0.25, 0.3) is 0 Å². The molecule has 0 aromatic heterocycles. The lowest BCUT2D eigenvalue weighted by atomic mass is 9.88. The number of ether oxygens (including phenoxy) is 6. The third-order valence-corrected chi connectivity index (χ3v) is 19.7. The summed E-state index contributed by atoms with van der Waals surface area (Å²) in [5.41, 5.74) is 0. The van der Waals surface area contributed by atoms with Crippen molar-refractivity contribution in [3.63, 3.8) is 0 Å². The topological polar surface area (TPSA) is 373 Å². The van der Waals surface area contributed by atoms with Gasteiger partial charge in [-0.2, -0.15) is 0 Å². The fourth-order valence-electron chi connectivity index (χ4n) is 13.6. The molecule has 3 aliphatic rings. The number of carboxylic acid groups (broad SMARTS) is 1. The average molecular weight is 1390 g/mol. The Bertz CT molecular complexity index is 2000. The van der Waals surface area contributed by atoms with Crippen LogP contribution in [0.3, 0.4) is 0 Å². The number of carbonyl (C=O) groups is 3. The molecule has 0 aromatic rings. The third kappa shape index (κ3) is 35.5. The summed E-state index contributed by atoms with van der Waals surface area (Å²) in [5, 5.41) is 136. The maximum Gasteiger partial charge on any atom is 0.364 e. The van der Waals surface area contributed by atoms with Crippen molar-refractivity contribution in [2.45, 2.75) is 413 Å². The molecule has 0 aromatic carbocycles. The first-order valence-corrected chi connectivity index (χ1v) is 38.5. The summed E-state index contributed by atoms with van der Waals surface area (Å²) in [6, 6.07) is -2.53. The summed E-state index contributed by atoms with van der Waals surface area (Å²) in [6.45, 7) is 2.24. The Kier molecular flexibility index (Phi) is 49.5. The van der Waals surface area contributed by atoms with Crippen molar-refractivity contribution in [1.29, 1.82) is 0 Å². The first-order valence-electron chi connectivity index (χ1n) is 38.5.